The van der Waals surface area contributed by atoms with Crippen LogP contribution in [0.2, 0.25) is 0 Å². The van der Waals surface area contributed by atoms with Gasteiger partial charge in [-0.25, -0.2) is 0 Å². The number of amides is 1. The van der Waals surface area contributed by atoms with Crippen molar-refractivity contribution in [2.45, 2.75) is 12.4 Å². The Morgan fingerprint density at radius 2 is 1.29 bits per heavy atom. The first-order chi connectivity index (χ1) is 14.4. The van der Waals surface area contributed by atoms with Crippen LogP contribution in [-0.4, -0.2) is 47.0 Å². The minimum absolute atomic E-state index is 0.0146. The van der Waals surface area contributed by atoms with Crippen molar-refractivity contribution in [2.24, 2.45) is 0 Å². The second-order valence-electron chi connectivity index (χ2n) is 6.87. The van der Waals surface area contributed by atoms with Gasteiger partial charge in [0.1, 0.15) is 0 Å². The third-order valence-corrected chi connectivity index (χ3v) is 5.07. The van der Waals surface area contributed by atoms with Crippen LogP contribution < -0.4 is 5.32 Å². The Labute approximate surface area is 179 Å². The summed E-state index contributed by atoms with van der Waals surface area (Å²) in [7, 11) is 0. The van der Waals surface area contributed by atoms with Gasteiger partial charge in [0.2, 0.25) is 0 Å². The monoisotopic (exact) mass is 461 g/mol. The van der Waals surface area contributed by atoms with Gasteiger partial charge in [0, 0.05) is 37.4 Å². The van der Waals surface area contributed by atoms with Gasteiger partial charge in [-0.15, -0.1) is 0 Å². The molecule has 0 radical (unpaired) electrons. The highest BCUT2D eigenvalue weighted by atomic mass is 32.1. The lowest BCUT2D eigenvalue weighted by molar-refractivity contribution is -0.143. The minimum Gasteiger partial charge on any atom is -0.345 e. The van der Waals surface area contributed by atoms with E-state index in [1.165, 1.54) is 0 Å². The third-order valence-electron chi connectivity index (χ3n) is 4.71. The highest BCUT2D eigenvalue weighted by Crippen LogP contribution is 2.37. The molecule has 1 aliphatic rings. The van der Waals surface area contributed by atoms with Crippen LogP contribution in [0.3, 0.4) is 0 Å². The zero-order chi connectivity index (χ0) is 22.8. The van der Waals surface area contributed by atoms with E-state index in [2.05, 4.69) is 5.32 Å². The molecule has 1 amide bonds. The quantitative estimate of drug-likeness (QED) is 0.511. The maximum atomic E-state index is 13.0. The molecule has 31 heavy (non-hydrogen) atoms. The molecule has 0 unspecified atom stereocenters. The smallest absolute Gasteiger partial charge is 0.345 e. The first-order valence-electron chi connectivity index (χ1n) is 9.15. The molecule has 2 aromatic carbocycles. The summed E-state index contributed by atoms with van der Waals surface area (Å²) in [4.78, 5) is 15.7. The molecule has 1 aliphatic heterocycles. The fourth-order valence-electron chi connectivity index (χ4n) is 3.11. The van der Waals surface area contributed by atoms with Crippen molar-refractivity contribution in [1.29, 1.82) is 0 Å². The van der Waals surface area contributed by atoms with Gasteiger partial charge in [0.05, 0.1) is 11.1 Å². The van der Waals surface area contributed by atoms with Crippen LogP contribution in [0, 0.1) is 0 Å². The Bertz CT molecular complexity index is 921. The topological polar surface area (TPSA) is 35.6 Å². The van der Waals surface area contributed by atoms with E-state index in [-0.39, 0.29) is 30.2 Å². The molecular weight excluding hydrogens is 444 g/mol. The number of nitrogens with one attached hydrogen (secondary N) is 1. The molecule has 1 heterocycles. The number of thiocarbonyl (C=S) groups is 1. The van der Waals surface area contributed by atoms with Gasteiger partial charge >= 0.3 is 12.4 Å². The number of halogens is 6. The number of anilines is 1. The number of alkyl halides is 6. The van der Waals surface area contributed by atoms with E-state index in [0.29, 0.717) is 30.8 Å². The van der Waals surface area contributed by atoms with Gasteiger partial charge in [-0.2, -0.15) is 26.3 Å². The zero-order valence-corrected chi connectivity index (χ0v) is 16.7. The van der Waals surface area contributed by atoms with Crippen molar-refractivity contribution in [3.05, 3.63) is 65.2 Å². The number of hydrogen-bond acceptors (Lipinski definition) is 2. The number of hydrogen-bond donors (Lipinski definition) is 1. The summed E-state index contributed by atoms with van der Waals surface area (Å²) in [5.74, 6) is -0.160. The molecule has 0 bridgehead atoms. The summed E-state index contributed by atoms with van der Waals surface area (Å²) in [6, 6.07) is 9.87. The van der Waals surface area contributed by atoms with E-state index in [0.717, 1.165) is 0 Å². The number of rotatable bonds is 2. The number of carbonyl (C=O) groups excluding carboxylic acids is 1. The van der Waals surface area contributed by atoms with E-state index < -0.39 is 29.2 Å². The van der Waals surface area contributed by atoms with Crippen molar-refractivity contribution in [2.75, 3.05) is 31.5 Å². The van der Waals surface area contributed by atoms with Crippen LogP contribution in [0.1, 0.15) is 21.5 Å². The Morgan fingerprint density at radius 1 is 0.806 bits per heavy atom. The van der Waals surface area contributed by atoms with Gasteiger partial charge < -0.3 is 15.1 Å². The minimum atomic E-state index is -4.94. The molecule has 1 saturated heterocycles. The Hall–Kier alpha value is -2.82. The van der Waals surface area contributed by atoms with Crippen LogP contribution >= 0.6 is 12.2 Å². The van der Waals surface area contributed by atoms with Gasteiger partial charge in [-0.3, -0.25) is 4.79 Å². The summed E-state index contributed by atoms with van der Waals surface area (Å²) in [6.07, 6.45) is -9.88. The number of piperazine rings is 1. The predicted octanol–water partition coefficient (Wildman–Crippen LogP) is 4.88. The molecular formula is C20H17F6N3OS. The number of nitrogens with zero attached hydrogens (tertiary/aromatic N) is 2. The van der Waals surface area contributed by atoms with E-state index in [9.17, 15) is 31.1 Å². The zero-order valence-electron chi connectivity index (χ0n) is 15.9. The maximum absolute atomic E-state index is 13.0. The van der Waals surface area contributed by atoms with Crippen molar-refractivity contribution in [3.8, 4) is 0 Å². The molecule has 11 heteroatoms. The Kier molecular flexibility index (Phi) is 6.44. The Morgan fingerprint density at radius 3 is 1.77 bits per heavy atom. The molecule has 0 spiro atoms. The average Bonchev–Trinajstić information content (AvgIpc) is 2.72. The van der Waals surface area contributed by atoms with E-state index in [4.69, 9.17) is 12.2 Å². The van der Waals surface area contributed by atoms with E-state index in [1.54, 1.807) is 40.1 Å². The maximum Gasteiger partial charge on any atom is 0.416 e. The molecule has 1 fully saturated rings. The lowest BCUT2D eigenvalue weighted by atomic mass is 10.1. The van der Waals surface area contributed by atoms with Crippen LogP contribution in [0.25, 0.3) is 0 Å². The fourth-order valence-corrected chi connectivity index (χ4v) is 3.41. The van der Waals surface area contributed by atoms with Gasteiger partial charge in [-0.05, 0) is 42.5 Å². The van der Waals surface area contributed by atoms with Gasteiger partial charge in [-0.1, -0.05) is 18.2 Å². The van der Waals surface area contributed by atoms with Crippen molar-refractivity contribution >= 4 is 28.9 Å². The normalized spacial score (nSPS) is 15.0. The van der Waals surface area contributed by atoms with Crippen molar-refractivity contribution < 1.29 is 31.1 Å². The number of carbonyl (C=O) groups is 1. The largest absolute Gasteiger partial charge is 0.416 e. The molecule has 2 aromatic rings. The van der Waals surface area contributed by atoms with Crippen LogP contribution in [0.15, 0.2) is 48.5 Å². The van der Waals surface area contributed by atoms with Gasteiger partial charge in [0.15, 0.2) is 5.11 Å². The summed E-state index contributed by atoms with van der Waals surface area (Å²) in [6.45, 7) is 1.20. The van der Waals surface area contributed by atoms with Crippen LogP contribution in [-0.2, 0) is 12.4 Å². The predicted molar refractivity (Wildman–Crippen MR) is 107 cm³/mol. The van der Waals surface area contributed by atoms with Crippen LogP contribution in [0.5, 0.6) is 0 Å². The van der Waals surface area contributed by atoms with E-state index >= 15 is 0 Å². The fraction of sp³-hybridized carbons (Fsp3) is 0.300. The second-order valence-corrected chi connectivity index (χ2v) is 7.26. The Balaban J connectivity index is 1.68. The first kappa shape index (κ1) is 22.9. The lowest BCUT2D eigenvalue weighted by Crippen LogP contribution is -2.51. The highest BCUT2D eigenvalue weighted by molar-refractivity contribution is 7.80. The molecule has 3 rings (SSSR count). The molecule has 1 N–H and O–H groups in total. The third kappa shape index (κ3) is 5.66. The average molecular weight is 461 g/mol. The first-order valence-corrected chi connectivity index (χ1v) is 9.56. The molecule has 4 nitrogen and oxygen atoms in total. The van der Waals surface area contributed by atoms with Crippen molar-refractivity contribution in [1.82, 2.24) is 9.80 Å². The lowest BCUT2D eigenvalue weighted by Gasteiger charge is -2.36. The van der Waals surface area contributed by atoms with Crippen molar-refractivity contribution in [3.63, 3.8) is 0 Å². The summed E-state index contributed by atoms with van der Waals surface area (Å²) >= 11 is 5.18. The molecule has 0 atom stereocenters. The second kappa shape index (κ2) is 8.74. The molecule has 166 valence electrons. The van der Waals surface area contributed by atoms with Crippen LogP contribution in [0.4, 0.5) is 32.0 Å². The number of benzene rings is 2. The standard InChI is InChI=1S/C20H17F6N3OS/c21-19(22,23)14-10-15(20(24,25)26)12-16(11-14)27-18(31)29-8-6-28(7-9-29)17(30)13-4-2-1-3-5-13/h1-5,10-12H,6-9H2,(H,27,31). The SMILES string of the molecule is O=C(c1ccccc1)N1CCN(C(=S)Nc2cc(C(F)(F)F)cc(C(F)(F)F)c2)CC1. The van der Waals surface area contributed by atoms with E-state index in [1.807, 2.05) is 0 Å². The molecule has 0 saturated carbocycles. The summed E-state index contributed by atoms with van der Waals surface area (Å²) in [5, 5.41) is 2.45. The summed E-state index contributed by atoms with van der Waals surface area (Å²) < 4.78 is 78.1. The molecule has 0 aromatic heterocycles. The summed E-state index contributed by atoms with van der Waals surface area (Å²) in [5.41, 5.74) is -2.73. The van der Waals surface area contributed by atoms with Gasteiger partial charge in [0.25, 0.3) is 5.91 Å². The molecule has 0 aliphatic carbocycles. The highest BCUT2D eigenvalue weighted by Gasteiger charge is 2.37.